The first kappa shape index (κ1) is 25.6. The number of sulfonamides is 1. The number of nitrogens with one attached hydrogen (secondary N) is 1. The van der Waals surface area contributed by atoms with E-state index in [1.807, 2.05) is 43.0 Å². The van der Waals surface area contributed by atoms with Gasteiger partial charge >= 0.3 is 0 Å². The molecule has 0 aromatic heterocycles. The molecule has 0 spiro atoms. The highest BCUT2D eigenvalue weighted by Crippen LogP contribution is 2.25. The van der Waals surface area contributed by atoms with Crippen molar-refractivity contribution in [3.63, 3.8) is 0 Å². The minimum Gasteiger partial charge on any atom is -0.494 e. The highest BCUT2D eigenvalue weighted by Gasteiger charge is 2.27. The van der Waals surface area contributed by atoms with Crippen molar-refractivity contribution in [3.8, 4) is 11.5 Å². The van der Waals surface area contributed by atoms with E-state index in [-0.39, 0.29) is 11.0 Å². The fourth-order valence-electron chi connectivity index (χ4n) is 3.36. The third-order valence-corrected chi connectivity index (χ3v) is 8.25. The molecule has 0 bridgehead atoms. The maximum absolute atomic E-state index is 13.4. The van der Waals surface area contributed by atoms with Gasteiger partial charge in [0.05, 0.1) is 23.4 Å². The lowest BCUT2D eigenvalue weighted by atomic mass is 10.2. The summed E-state index contributed by atoms with van der Waals surface area (Å²) in [5.41, 5.74) is 3.55. The van der Waals surface area contributed by atoms with Crippen molar-refractivity contribution in [1.82, 2.24) is 5.43 Å². The topological polar surface area (TPSA) is 97.3 Å². The number of rotatable bonds is 11. The number of anilines is 1. The van der Waals surface area contributed by atoms with E-state index in [2.05, 4.69) is 10.5 Å². The Bertz CT molecular complexity index is 1280. The number of amides is 1. The van der Waals surface area contributed by atoms with Crippen molar-refractivity contribution in [2.24, 2.45) is 5.10 Å². The van der Waals surface area contributed by atoms with Crippen LogP contribution in [0.4, 0.5) is 5.69 Å². The number of carbonyl (C=O) groups excluding carboxylic acids is 1. The molecule has 188 valence electrons. The number of nitrogens with zero attached hydrogens (tertiary/aromatic N) is 2. The van der Waals surface area contributed by atoms with E-state index in [0.29, 0.717) is 18.0 Å². The number of ether oxygens (including phenoxy) is 2. The molecule has 1 saturated heterocycles. The maximum atomic E-state index is 13.4. The van der Waals surface area contributed by atoms with Gasteiger partial charge < -0.3 is 9.47 Å². The molecule has 0 aliphatic carbocycles. The smallest absolute Gasteiger partial charge is 0.264 e. The molecule has 1 aliphatic rings. The summed E-state index contributed by atoms with van der Waals surface area (Å²) in [4.78, 5) is 12.7. The van der Waals surface area contributed by atoms with Crippen LogP contribution in [-0.4, -0.2) is 51.3 Å². The predicted octanol–water partition coefficient (Wildman–Crippen LogP) is 3.93. The Kier molecular flexibility index (Phi) is 8.50. The van der Waals surface area contributed by atoms with Gasteiger partial charge in [-0.25, -0.2) is 13.8 Å². The first-order chi connectivity index (χ1) is 17.5. The molecule has 4 rings (SSSR count). The van der Waals surface area contributed by atoms with Crippen LogP contribution in [0.2, 0.25) is 0 Å². The molecule has 3 aromatic carbocycles. The summed E-state index contributed by atoms with van der Waals surface area (Å²) < 4.78 is 39.1. The monoisotopic (exact) mass is 525 g/mol. The molecule has 36 heavy (non-hydrogen) atoms. The zero-order valence-corrected chi connectivity index (χ0v) is 21.4. The minimum atomic E-state index is -4.02. The Morgan fingerprint density at radius 3 is 2.31 bits per heavy atom. The van der Waals surface area contributed by atoms with Crippen molar-refractivity contribution < 1.29 is 22.7 Å². The van der Waals surface area contributed by atoms with E-state index in [4.69, 9.17) is 9.47 Å². The lowest BCUT2D eigenvalue weighted by molar-refractivity contribution is -0.119. The van der Waals surface area contributed by atoms with Crippen LogP contribution >= 0.6 is 11.8 Å². The van der Waals surface area contributed by atoms with Gasteiger partial charge in [0.15, 0.2) is 0 Å². The second-order valence-electron chi connectivity index (χ2n) is 7.89. The molecule has 10 heteroatoms. The first-order valence-corrected chi connectivity index (χ1v) is 14.0. The second-order valence-corrected chi connectivity index (χ2v) is 10.8. The summed E-state index contributed by atoms with van der Waals surface area (Å²) in [7, 11) is -4.02. The third kappa shape index (κ3) is 6.58. The van der Waals surface area contributed by atoms with Gasteiger partial charge in [0, 0.05) is 11.5 Å². The van der Waals surface area contributed by atoms with Crippen molar-refractivity contribution in [2.45, 2.75) is 17.9 Å². The largest absolute Gasteiger partial charge is 0.494 e. The lowest BCUT2D eigenvalue weighted by Gasteiger charge is -2.25. The number of para-hydroxylation sites is 1. The van der Waals surface area contributed by atoms with Crippen LogP contribution in [0.15, 0.2) is 88.9 Å². The number of hydrogen-bond donors (Lipinski definition) is 1. The van der Waals surface area contributed by atoms with E-state index in [0.717, 1.165) is 27.1 Å². The summed E-state index contributed by atoms with van der Waals surface area (Å²) in [6.45, 7) is 1.88. The van der Waals surface area contributed by atoms with Crippen molar-refractivity contribution >= 4 is 39.6 Å². The fourth-order valence-corrected chi connectivity index (χ4v) is 5.35. The molecular weight excluding hydrogens is 498 g/mol. The molecule has 3 aromatic rings. The molecule has 0 atom stereocenters. The van der Waals surface area contributed by atoms with Crippen LogP contribution in [0, 0.1) is 0 Å². The quantitative estimate of drug-likeness (QED) is 0.301. The van der Waals surface area contributed by atoms with Gasteiger partial charge in [0.1, 0.15) is 24.1 Å². The Morgan fingerprint density at radius 2 is 1.69 bits per heavy atom. The van der Waals surface area contributed by atoms with Crippen LogP contribution < -0.4 is 19.2 Å². The minimum absolute atomic E-state index is 0.0499. The highest BCUT2D eigenvalue weighted by atomic mass is 32.2. The van der Waals surface area contributed by atoms with E-state index < -0.39 is 22.5 Å². The van der Waals surface area contributed by atoms with E-state index in [1.54, 1.807) is 42.5 Å². The normalized spacial score (nSPS) is 13.7. The van der Waals surface area contributed by atoms with Crippen LogP contribution in [0.25, 0.3) is 0 Å². The molecule has 0 radical (unpaired) electrons. The number of hydrogen-bond acceptors (Lipinski definition) is 7. The molecule has 8 nitrogen and oxygen atoms in total. The predicted molar refractivity (Wildman–Crippen MR) is 143 cm³/mol. The highest BCUT2D eigenvalue weighted by molar-refractivity contribution is 8.00. The Morgan fingerprint density at radius 1 is 1.03 bits per heavy atom. The van der Waals surface area contributed by atoms with Crippen molar-refractivity contribution in [2.75, 3.05) is 29.0 Å². The third-order valence-electron chi connectivity index (χ3n) is 5.25. The van der Waals surface area contributed by atoms with E-state index >= 15 is 0 Å². The summed E-state index contributed by atoms with van der Waals surface area (Å²) in [6.07, 6.45) is 1.76. The standard InChI is InChI=1S/C26H27N3O5S2/c1-2-33-22-12-14-25(15-13-22)36(31,32)29(21-6-4-3-5-7-21)17-26(30)28-27-16-20-8-10-23(11-9-20)34-24-18-35-19-24/h3-16,24H,2,17-19H2,1H3,(H,28,30)/b27-16-. The van der Waals surface area contributed by atoms with Gasteiger partial charge in [-0.15, -0.1) is 0 Å². The number of carbonyl (C=O) groups is 1. The van der Waals surface area contributed by atoms with Crippen LogP contribution in [0.1, 0.15) is 12.5 Å². The van der Waals surface area contributed by atoms with Crippen LogP contribution in [0.3, 0.4) is 0 Å². The molecule has 1 N–H and O–H groups in total. The SMILES string of the molecule is CCOc1ccc(S(=O)(=O)N(CC(=O)N/N=C\c2ccc(OC3CSC3)cc2)c2ccccc2)cc1. The van der Waals surface area contributed by atoms with Gasteiger partial charge in [-0.2, -0.15) is 16.9 Å². The molecule has 1 amide bonds. The van der Waals surface area contributed by atoms with Crippen molar-refractivity contribution in [1.29, 1.82) is 0 Å². The Hall–Kier alpha value is -3.50. The number of benzene rings is 3. The average molecular weight is 526 g/mol. The first-order valence-electron chi connectivity index (χ1n) is 11.4. The van der Waals surface area contributed by atoms with Crippen LogP contribution in [0.5, 0.6) is 11.5 Å². The van der Waals surface area contributed by atoms with E-state index in [9.17, 15) is 13.2 Å². The van der Waals surface area contributed by atoms with Crippen LogP contribution in [-0.2, 0) is 14.8 Å². The molecule has 1 aliphatic heterocycles. The average Bonchev–Trinajstić information content (AvgIpc) is 2.86. The lowest BCUT2D eigenvalue weighted by Crippen LogP contribution is -2.39. The molecule has 1 fully saturated rings. The van der Waals surface area contributed by atoms with Gasteiger partial charge in [-0.1, -0.05) is 18.2 Å². The molecule has 0 saturated carbocycles. The van der Waals surface area contributed by atoms with Gasteiger partial charge in [-0.05, 0) is 73.2 Å². The Balaban J connectivity index is 1.43. The van der Waals surface area contributed by atoms with Gasteiger partial charge in [0.25, 0.3) is 15.9 Å². The molecular formula is C26H27N3O5S2. The number of hydrazone groups is 1. The maximum Gasteiger partial charge on any atom is 0.264 e. The fraction of sp³-hybridized carbons (Fsp3) is 0.231. The van der Waals surface area contributed by atoms with Gasteiger partial charge in [0.2, 0.25) is 0 Å². The summed E-state index contributed by atoms with van der Waals surface area (Å²) >= 11 is 1.85. The van der Waals surface area contributed by atoms with Crippen molar-refractivity contribution in [3.05, 3.63) is 84.4 Å². The zero-order chi connectivity index (χ0) is 25.4. The Labute approximate surface area is 215 Å². The summed E-state index contributed by atoms with van der Waals surface area (Å²) in [5, 5.41) is 3.99. The van der Waals surface area contributed by atoms with Gasteiger partial charge in [-0.3, -0.25) is 9.10 Å². The second kappa shape index (κ2) is 12.0. The molecule has 1 heterocycles. The number of thioether (sulfide) groups is 1. The summed E-state index contributed by atoms with van der Waals surface area (Å²) in [5.74, 6) is 2.79. The molecule has 0 unspecified atom stereocenters. The summed E-state index contributed by atoms with van der Waals surface area (Å²) in [6, 6.07) is 21.9. The zero-order valence-electron chi connectivity index (χ0n) is 19.7. The van der Waals surface area contributed by atoms with E-state index in [1.165, 1.54) is 18.3 Å².